The minimum atomic E-state index is 0.926. The highest BCUT2D eigenvalue weighted by Crippen LogP contribution is 2.24. The van der Waals surface area contributed by atoms with Crippen molar-refractivity contribution >= 4 is 17.4 Å². The van der Waals surface area contributed by atoms with Gasteiger partial charge in [-0.1, -0.05) is 0 Å². The largest absolute Gasteiger partial charge is 0.497 e. The number of hydrogen-bond acceptors (Lipinski definition) is 3. The Bertz CT molecular complexity index is 267. The van der Waals surface area contributed by atoms with Gasteiger partial charge < -0.3 is 9.64 Å². The fraction of sp³-hybridized carbons (Fsp3) is 0.400. The SMILES string of the molecule is COc1ccc(N2CCSC2)cc1. The van der Waals surface area contributed by atoms with Gasteiger partial charge in [-0.2, -0.15) is 0 Å². The molecular weight excluding hydrogens is 182 g/mol. The van der Waals surface area contributed by atoms with Crippen LogP contribution in [0.25, 0.3) is 0 Å². The molecule has 13 heavy (non-hydrogen) atoms. The molecule has 0 atom stereocenters. The summed E-state index contributed by atoms with van der Waals surface area (Å²) >= 11 is 1.98. The fourth-order valence-corrected chi connectivity index (χ4v) is 2.39. The normalized spacial score (nSPS) is 16.2. The minimum absolute atomic E-state index is 0.926. The van der Waals surface area contributed by atoms with Crippen LogP contribution in [0.4, 0.5) is 5.69 Å². The van der Waals surface area contributed by atoms with Crippen LogP contribution in [0.1, 0.15) is 0 Å². The lowest BCUT2D eigenvalue weighted by molar-refractivity contribution is 0.415. The lowest BCUT2D eigenvalue weighted by Crippen LogP contribution is -2.17. The number of benzene rings is 1. The highest BCUT2D eigenvalue weighted by Gasteiger charge is 2.11. The molecule has 0 amide bonds. The van der Waals surface area contributed by atoms with Crippen LogP contribution < -0.4 is 9.64 Å². The van der Waals surface area contributed by atoms with Crippen LogP contribution >= 0.6 is 11.8 Å². The van der Waals surface area contributed by atoms with Gasteiger partial charge in [0.25, 0.3) is 0 Å². The number of methoxy groups -OCH3 is 1. The molecule has 0 N–H and O–H groups in total. The first-order valence-electron chi connectivity index (χ1n) is 4.37. The topological polar surface area (TPSA) is 12.5 Å². The zero-order valence-electron chi connectivity index (χ0n) is 7.69. The Kier molecular flexibility index (Phi) is 2.64. The van der Waals surface area contributed by atoms with E-state index in [0.29, 0.717) is 0 Å². The Morgan fingerprint density at radius 3 is 2.62 bits per heavy atom. The number of ether oxygens (including phenoxy) is 1. The van der Waals surface area contributed by atoms with Crippen molar-refractivity contribution in [3.63, 3.8) is 0 Å². The molecule has 3 heteroatoms. The Morgan fingerprint density at radius 1 is 1.31 bits per heavy atom. The minimum Gasteiger partial charge on any atom is -0.497 e. The van der Waals surface area contributed by atoms with Crippen LogP contribution in [-0.4, -0.2) is 25.3 Å². The van der Waals surface area contributed by atoms with E-state index in [-0.39, 0.29) is 0 Å². The summed E-state index contributed by atoms with van der Waals surface area (Å²) in [6.07, 6.45) is 0. The highest BCUT2D eigenvalue weighted by atomic mass is 32.2. The fourth-order valence-electron chi connectivity index (χ4n) is 1.41. The average Bonchev–Trinajstić information content (AvgIpc) is 2.71. The molecule has 0 radical (unpaired) electrons. The van der Waals surface area contributed by atoms with E-state index in [9.17, 15) is 0 Å². The maximum atomic E-state index is 5.11. The van der Waals surface area contributed by atoms with E-state index in [2.05, 4.69) is 17.0 Å². The van der Waals surface area contributed by atoms with Crippen molar-refractivity contribution < 1.29 is 4.74 Å². The van der Waals surface area contributed by atoms with Gasteiger partial charge in [-0.05, 0) is 24.3 Å². The van der Waals surface area contributed by atoms with Crippen LogP contribution in [0.5, 0.6) is 5.75 Å². The second-order valence-corrected chi connectivity index (χ2v) is 4.07. The number of nitrogens with zero attached hydrogens (tertiary/aromatic N) is 1. The van der Waals surface area contributed by atoms with Crippen LogP contribution in [0.3, 0.4) is 0 Å². The maximum Gasteiger partial charge on any atom is 0.119 e. The van der Waals surface area contributed by atoms with Crippen LogP contribution in [0.15, 0.2) is 24.3 Å². The van der Waals surface area contributed by atoms with E-state index in [1.165, 1.54) is 11.4 Å². The first kappa shape index (κ1) is 8.75. The van der Waals surface area contributed by atoms with Crippen molar-refractivity contribution in [2.45, 2.75) is 0 Å². The zero-order valence-corrected chi connectivity index (χ0v) is 8.51. The Labute approximate surface area is 82.9 Å². The lowest BCUT2D eigenvalue weighted by Gasteiger charge is -2.16. The van der Waals surface area contributed by atoms with Gasteiger partial charge in [0.1, 0.15) is 5.75 Å². The van der Waals surface area contributed by atoms with E-state index in [4.69, 9.17) is 4.74 Å². The second kappa shape index (κ2) is 3.92. The summed E-state index contributed by atoms with van der Waals surface area (Å²) in [5.74, 6) is 3.29. The zero-order chi connectivity index (χ0) is 9.10. The van der Waals surface area contributed by atoms with Crippen molar-refractivity contribution in [2.75, 3.05) is 30.2 Å². The molecule has 0 aromatic heterocycles. The highest BCUT2D eigenvalue weighted by molar-refractivity contribution is 7.99. The molecule has 0 spiro atoms. The standard InChI is InChI=1S/C10H13NOS/c1-12-10-4-2-9(3-5-10)11-6-7-13-8-11/h2-5H,6-8H2,1H3. The molecule has 1 aromatic rings. The van der Waals surface area contributed by atoms with Crippen molar-refractivity contribution in [3.8, 4) is 5.75 Å². The van der Waals surface area contributed by atoms with Gasteiger partial charge in [-0.3, -0.25) is 0 Å². The molecule has 1 heterocycles. The molecule has 1 aliphatic rings. The molecule has 1 aromatic carbocycles. The van der Waals surface area contributed by atoms with E-state index in [1.807, 2.05) is 23.9 Å². The van der Waals surface area contributed by atoms with Gasteiger partial charge in [0.2, 0.25) is 0 Å². The molecule has 2 rings (SSSR count). The summed E-state index contributed by atoms with van der Waals surface area (Å²) in [7, 11) is 1.70. The van der Waals surface area contributed by atoms with E-state index in [1.54, 1.807) is 7.11 Å². The molecule has 0 saturated carbocycles. The van der Waals surface area contributed by atoms with Crippen molar-refractivity contribution in [1.29, 1.82) is 0 Å². The van der Waals surface area contributed by atoms with Crippen LogP contribution in [0, 0.1) is 0 Å². The first-order chi connectivity index (χ1) is 6.40. The summed E-state index contributed by atoms with van der Waals surface area (Å²) in [6.45, 7) is 1.16. The molecule has 0 unspecified atom stereocenters. The van der Waals surface area contributed by atoms with Crippen molar-refractivity contribution in [1.82, 2.24) is 0 Å². The number of hydrogen-bond donors (Lipinski definition) is 0. The monoisotopic (exact) mass is 195 g/mol. The van der Waals surface area contributed by atoms with Gasteiger partial charge >= 0.3 is 0 Å². The summed E-state index contributed by atoms with van der Waals surface area (Å²) in [4.78, 5) is 2.38. The molecule has 2 nitrogen and oxygen atoms in total. The molecular formula is C10H13NOS. The number of anilines is 1. The van der Waals surface area contributed by atoms with Crippen molar-refractivity contribution in [3.05, 3.63) is 24.3 Å². The summed E-state index contributed by atoms with van der Waals surface area (Å²) < 4.78 is 5.11. The Hall–Kier alpha value is -0.830. The van der Waals surface area contributed by atoms with Crippen LogP contribution in [0.2, 0.25) is 0 Å². The third-order valence-electron chi connectivity index (χ3n) is 2.19. The predicted octanol–water partition coefficient (Wildman–Crippen LogP) is 2.21. The molecule has 1 fully saturated rings. The molecule has 1 aliphatic heterocycles. The Balaban J connectivity index is 2.12. The van der Waals surface area contributed by atoms with Gasteiger partial charge in [0, 0.05) is 18.0 Å². The number of thioether (sulfide) groups is 1. The smallest absolute Gasteiger partial charge is 0.119 e. The van der Waals surface area contributed by atoms with Crippen molar-refractivity contribution in [2.24, 2.45) is 0 Å². The summed E-state index contributed by atoms with van der Waals surface area (Å²) in [5, 5.41) is 0. The van der Waals surface area contributed by atoms with E-state index >= 15 is 0 Å². The predicted molar refractivity (Wildman–Crippen MR) is 57.7 cm³/mol. The van der Waals surface area contributed by atoms with E-state index < -0.39 is 0 Å². The second-order valence-electron chi connectivity index (χ2n) is 3.00. The molecule has 1 saturated heterocycles. The number of rotatable bonds is 2. The van der Waals surface area contributed by atoms with Gasteiger partial charge in [-0.15, -0.1) is 11.8 Å². The van der Waals surface area contributed by atoms with Gasteiger partial charge in [0.15, 0.2) is 0 Å². The third-order valence-corrected chi connectivity index (χ3v) is 3.16. The first-order valence-corrected chi connectivity index (χ1v) is 5.52. The molecule has 70 valence electrons. The quantitative estimate of drug-likeness (QED) is 0.718. The van der Waals surface area contributed by atoms with Gasteiger partial charge in [0.05, 0.1) is 13.0 Å². The summed E-state index contributed by atoms with van der Waals surface area (Å²) in [6, 6.07) is 8.26. The lowest BCUT2D eigenvalue weighted by atomic mass is 10.3. The third kappa shape index (κ3) is 1.91. The summed E-state index contributed by atoms with van der Waals surface area (Å²) in [5.41, 5.74) is 1.30. The average molecular weight is 195 g/mol. The Morgan fingerprint density at radius 2 is 2.08 bits per heavy atom. The molecule has 0 aliphatic carbocycles. The van der Waals surface area contributed by atoms with Gasteiger partial charge in [-0.25, -0.2) is 0 Å². The van der Waals surface area contributed by atoms with E-state index in [0.717, 1.165) is 18.2 Å². The van der Waals surface area contributed by atoms with Crippen LogP contribution in [-0.2, 0) is 0 Å². The maximum absolute atomic E-state index is 5.11. The molecule has 0 bridgehead atoms.